The van der Waals surface area contributed by atoms with E-state index in [4.69, 9.17) is 4.98 Å². The summed E-state index contributed by atoms with van der Waals surface area (Å²) in [7, 11) is 0. The molecule has 3 heterocycles. The third-order valence-corrected chi connectivity index (χ3v) is 3.83. The van der Waals surface area contributed by atoms with Crippen molar-refractivity contribution in [2.24, 2.45) is 0 Å². The van der Waals surface area contributed by atoms with Gasteiger partial charge in [0.25, 0.3) is 0 Å². The van der Waals surface area contributed by atoms with Gasteiger partial charge < -0.3 is 4.90 Å². The maximum atomic E-state index is 11.7. The van der Waals surface area contributed by atoms with E-state index in [0.29, 0.717) is 0 Å². The van der Waals surface area contributed by atoms with Crippen molar-refractivity contribution >= 4 is 5.91 Å². The fourth-order valence-corrected chi connectivity index (χ4v) is 2.83. The highest BCUT2D eigenvalue weighted by Gasteiger charge is 2.28. The van der Waals surface area contributed by atoms with Crippen molar-refractivity contribution in [3.8, 4) is 5.82 Å². The van der Waals surface area contributed by atoms with Crippen LogP contribution in [0, 0.1) is 6.92 Å². The minimum Gasteiger partial charge on any atom is -0.334 e. The van der Waals surface area contributed by atoms with Gasteiger partial charge in [0.15, 0.2) is 0 Å². The van der Waals surface area contributed by atoms with E-state index in [1.807, 2.05) is 40.8 Å². The van der Waals surface area contributed by atoms with Crippen molar-refractivity contribution < 1.29 is 4.79 Å². The first-order valence-electron chi connectivity index (χ1n) is 6.91. The average molecular weight is 270 g/mol. The summed E-state index contributed by atoms with van der Waals surface area (Å²) in [6, 6.07) is 6.07. The van der Waals surface area contributed by atoms with Crippen LogP contribution in [0.25, 0.3) is 5.82 Å². The molecule has 2 aromatic heterocycles. The number of likely N-dealkylation sites (tertiary alicyclic amines) is 1. The summed E-state index contributed by atoms with van der Waals surface area (Å²) in [6.07, 6.45) is 5.69. The maximum Gasteiger partial charge on any atom is 0.220 e. The van der Waals surface area contributed by atoms with Gasteiger partial charge in [-0.15, -0.1) is 0 Å². The van der Waals surface area contributed by atoms with Crippen LogP contribution < -0.4 is 0 Å². The van der Waals surface area contributed by atoms with Crippen molar-refractivity contribution in [3.63, 3.8) is 0 Å². The lowest BCUT2D eigenvalue weighted by Crippen LogP contribution is -2.28. The van der Waals surface area contributed by atoms with Crippen LogP contribution >= 0.6 is 0 Å². The molecular weight excluding hydrogens is 252 g/mol. The molecule has 104 valence electrons. The van der Waals surface area contributed by atoms with Gasteiger partial charge in [-0.1, -0.05) is 6.07 Å². The molecule has 1 aliphatic rings. The second-order valence-corrected chi connectivity index (χ2v) is 5.14. The van der Waals surface area contributed by atoms with Crippen molar-refractivity contribution in [1.29, 1.82) is 0 Å². The quantitative estimate of drug-likeness (QED) is 0.841. The van der Waals surface area contributed by atoms with E-state index in [1.54, 1.807) is 13.1 Å². The van der Waals surface area contributed by atoms with Crippen molar-refractivity contribution in [1.82, 2.24) is 19.4 Å². The van der Waals surface area contributed by atoms with E-state index < -0.39 is 0 Å². The smallest absolute Gasteiger partial charge is 0.220 e. The zero-order chi connectivity index (χ0) is 14.1. The number of carbonyl (C=O) groups is 1. The number of nitrogens with zero attached hydrogens (tertiary/aromatic N) is 4. The molecule has 0 unspecified atom stereocenters. The molecule has 5 nitrogen and oxygen atoms in total. The Bertz CT molecular complexity index is 634. The Hall–Kier alpha value is -2.17. The first-order valence-corrected chi connectivity index (χ1v) is 6.91. The Morgan fingerprint density at radius 3 is 2.95 bits per heavy atom. The van der Waals surface area contributed by atoms with Gasteiger partial charge in [0.05, 0.1) is 11.7 Å². The number of hydrogen-bond acceptors (Lipinski definition) is 3. The molecule has 1 amide bonds. The summed E-state index contributed by atoms with van der Waals surface area (Å²) < 4.78 is 1.95. The highest BCUT2D eigenvalue weighted by atomic mass is 16.2. The molecule has 0 spiro atoms. The lowest BCUT2D eigenvalue weighted by Gasteiger charge is -2.23. The third-order valence-electron chi connectivity index (χ3n) is 3.83. The second kappa shape index (κ2) is 5.07. The molecule has 0 aromatic carbocycles. The minimum absolute atomic E-state index is 0.108. The van der Waals surface area contributed by atoms with E-state index in [1.165, 1.54) is 0 Å². The summed E-state index contributed by atoms with van der Waals surface area (Å²) in [5.41, 5.74) is 0.961. The van der Waals surface area contributed by atoms with Gasteiger partial charge in [-0.2, -0.15) is 0 Å². The molecule has 3 rings (SSSR count). The predicted octanol–water partition coefficient (Wildman–Crippen LogP) is 2.26. The maximum absolute atomic E-state index is 11.7. The van der Waals surface area contributed by atoms with Gasteiger partial charge in [-0.05, 0) is 31.9 Å². The Balaban J connectivity index is 1.96. The lowest BCUT2D eigenvalue weighted by atomic mass is 10.1. The summed E-state index contributed by atoms with van der Waals surface area (Å²) in [5, 5.41) is 0. The monoisotopic (exact) mass is 270 g/mol. The number of amides is 1. The van der Waals surface area contributed by atoms with Crippen LogP contribution in [0.5, 0.6) is 0 Å². The number of imidazole rings is 1. The van der Waals surface area contributed by atoms with E-state index in [9.17, 15) is 4.79 Å². The molecule has 5 heteroatoms. The van der Waals surface area contributed by atoms with Crippen LogP contribution in [0.3, 0.4) is 0 Å². The van der Waals surface area contributed by atoms with Crippen LogP contribution in [0.1, 0.15) is 37.3 Å². The Kier molecular flexibility index (Phi) is 3.26. The van der Waals surface area contributed by atoms with Crippen LogP contribution in [-0.4, -0.2) is 31.9 Å². The second-order valence-electron chi connectivity index (χ2n) is 5.14. The number of pyridine rings is 1. The molecule has 0 aliphatic carbocycles. The molecule has 20 heavy (non-hydrogen) atoms. The van der Waals surface area contributed by atoms with E-state index in [2.05, 4.69) is 4.98 Å². The topological polar surface area (TPSA) is 51.0 Å². The normalized spacial score (nSPS) is 18.5. The standard InChI is InChI=1S/C15H18N4O/c1-11-16-8-10-18(11)15-7-3-5-13(17-15)14-6-4-9-19(14)12(2)20/h3,5,7-8,10,14H,4,6,9H2,1-2H3/t14-/m0/s1. The first kappa shape index (κ1) is 12.8. The number of hydrogen-bond donors (Lipinski definition) is 0. The SMILES string of the molecule is CC(=O)N1CCC[C@H]1c1cccc(-n2ccnc2C)n1. The molecule has 1 atom stereocenters. The molecular formula is C15H18N4O. The summed E-state index contributed by atoms with van der Waals surface area (Å²) in [5.74, 6) is 1.89. The van der Waals surface area contributed by atoms with Crippen LogP contribution in [0.2, 0.25) is 0 Å². The van der Waals surface area contributed by atoms with Crippen molar-refractivity contribution in [3.05, 3.63) is 42.1 Å². The average Bonchev–Trinajstić information content (AvgIpc) is 3.07. The molecule has 0 N–H and O–H groups in total. The van der Waals surface area contributed by atoms with Gasteiger partial charge in [0.1, 0.15) is 11.6 Å². The molecule has 2 aromatic rings. The molecule has 1 fully saturated rings. The van der Waals surface area contributed by atoms with E-state index in [0.717, 1.165) is 36.7 Å². The zero-order valence-corrected chi connectivity index (χ0v) is 11.8. The Labute approximate surface area is 118 Å². The largest absolute Gasteiger partial charge is 0.334 e. The fourth-order valence-electron chi connectivity index (χ4n) is 2.83. The molecule has 0 saturated carbocycles. The summed E-state index contributed by atoms with van der Waals surface area (Å²) in [4.78, 5) is 22.5. The number of rotatable bonds is 2. The summed E-state index contributed by atoms with van der Waals surface area (Å²) in [6.45, 7) is 4.41. The van der Waals surface area contributed by atoms with Crippen LogP contribution in [0.4, 0.5) is 0 Å². The summed E-state index contributed by atoms with van der Waals surface area (Å²) >= 11 is 0. The van der Waals surface area contributed by atoms with Gasteiger partial charge in [-0.25, -0.2) is 9.97 Å². The zero-order valence-electron chi connectivity index (χ0n) is 11.8. The highest BCUT2D eigenvalue weighted by Crippen LogP contribution is 2.31. The number of aromatic nitrogens is 3. The van der Waals surface area contributed by atoms with E-state index >= 15 is 0 Å². The van der Waals surface area contributed by atoms with Gasteiger partial charge in [-0.3, -0.25) is 9.36 Å². The lowest BCUT2D eigenvalue weighted by molar-refractivity contribution is -0.129. The highest BCUT2D eigenvalue weighted by molar-refractivity contribution is 5.74. The first-order chi connectivity index (χ1) is 9.66. The Morgan fingerprint density at radius 2 is 2.25 bits per heavy atom. The fraction of sp³-hybridized carbons (Fsp3) is 0.400. The van der Waals surface area contributed by atoms with Crippen molar-refractivity contribution in [2.75, 3.05) is 6.54 Å². The predicted molar refractivity (Wildman–Crippen MR) is 75.5 cm³/mol. The number of carbonyl (C=O) groups excluding carboxylic acids is 1. The van der Waals surface area contributed by atoms with E-state index in [-0.39, 0.29) is 11.9 Å². The third kappa shape index (κ3) is 2.19. The molecule has 0 bridgehead atoms. The van der Waals surface area contributed by atoms with Crippen LogP contribution in [0.15, 0.2) is 30.6 Å². The van der Waals surface area contributed by atoms with Gasteiger partial charge >= 0.3 is 0 Å². The minimum atomic E-state index is 0.108. The molecule has 1 saturated heterocycles. The van der Waals surface area contributed by atoms with Gasteiger partial charge in [0.2, 0.25) is 5.91 Å². The molecule has 1 aliphatic heterocycles. The number of aryl methyl sites for hydroxylation is 1. The molecule has 0 radical (unpaired) electrons. The Morgan fingerprint density at radius 1 is 1.40 bits per heavy atom. The van der Waals surface area contributed by atoms with Crippen molar-refractivity contribution in [2.45, 2.75) is 32.7 Å². The van der Waals surface area contributed by atoms with Gasteiger partial charge in [0, 0.05) is 25.9 Å². The van der Waals surface area contributed by atoms with Crippen LogP contribution in [-0.2, 0) is 4.79 Å².